The van der Waals surface area contributed by atoms with Crippen molar-refractivity contribution >= 4 is 24.5 Å². The second-order valence-corrected chi connectivity index (χ2v) is 5.21. The van der Waals surface area contributed by atoms with Crippen molar-refractivity contribution in [2.75, 3.05) is 0 Å². The van der Waals surface area contributed by atoms with E-state index in [0.717, 1.165) is 5.56 Å². The minimum atomic E-state index is -0.449. The number of nitrogens with one attached hydrogen (secondary N) is 1. The molecule has 0 aliphatic carbocycles. The van der Waals surface area contributed by atoms with E-state index in [1.165, 1.54) is 10.6 Å². The SMILES string of the molecule is Cc1ccccc1-n1c(O)c(/C=C2/C=CC=N2)c(=O)[nH]c1=S. The minimum Gasteiger partial charge on any atom is -0.494 e. The normalized spacial score (nSPS) is 14.9. The van der Waals surface area contributed by atoms with Gasteiger partial charge < -0.3 is 5.11 Å². The van der Waals surface area contributed by atoms with Crippen LogP contribution in [0.3, 0.4) is 0 Å². The topological polar surface area (TPSA) is 70.4 Å². The summed E-state index contributed by atoms with van der Waals surface area (Å²) in [4.78, 5) is 18.8. The summed E-state index contributed by atoms with van der Waals surface area (Å²) in [6.07, 6.45) is 6.65. The van der Waals surface area contributed by atoms with E-state index in [-0.39, 0.29) is 16.2 Å². The lowest BCUT2D eigenvalue weighted by molar-refractivity contribution is 0.431. The van der Waals surface area contributed by atoms with Gasteiger partial charge in [0.15, 0.2) is 4.77 Å². The summed E-state index contributed by atoms with van der Waals surface area (Å²) < 4.78 is 1.59. The molecule has 1 aliphatic rings. The molecule has 0 radical (unpaired) electrons. The molecule has 6 heteroatoms. The fourth-order valence-electron chi connectivity index (χ4n) is 2.25. The highest BCUT2D eigenvalue weighted by Crippen LogP contribution is 2.24. The maximum absolute atomic E-state index is 12.1. The Bertz CT molecular complexity index is 935. The van der Waals surface area contributed by atoms with E-state index >= 15 is 0 Å². The number of aryl methyl sites for hydroxylation is 1. The summed E-state index contributed by atoms with van der Waals surface area (Å²) in [5.74, 6) is -0.203. The Balaban J connectivity index is 2.29. The molecule has 2 aromatic rings. The van der Waals surface area contributed by atoms with E-state index in [1.807, 2.05) is 31.2 Å². The molecule has 22 heavy (non-hydrogen) atoms. The lowest BCUT2D eigenvalue weighted by atomic mass is 10.2. The average Bonchev–Trinajstić information content (AvgIpc) is 2.98. The maximum atomic E-state index is 12.1. The van der Waals surface area contributed by atoms with E-state index in [0.29, 0.717) is 11.4 Å². The van der Waals surface area contributed by atoms with Gasteiger partial charge in [-0.3, -0.25) is 19.3 Å². The number of aliphatic imine (C=N–C) groups is 1. The van der Waals surface area contributed by atoms with Crippen LogP contribution in [0.5, 0.6) is 5.88 Å². The summed E-state index contributed by atoms with van der Waals surface area (Å²) in [7, 11) is 0. The Morgan fingerprint density at radius 2 is 2.14 bits per heavy atom. The zero-order valence-corrected chi connectivity index (χ0v) is 12.6. The van der Waals surface area contributed by atoms with Crippen molar-refractivity contribution in [3.63, 3.8) is 0 Å². The average molecular weight is 311 g/mol. The molecule has 0 amide bonds. The van der Waals surface area contributed by atoms with E-state index in [4.69, 9.17) is 12.2 Å². The molecule has 0 saturated heterocycles. The van der Waals surface area contributed by atoms with Gasteiger partial charge in [-0.05, 0) is 49.0 Å². The molecule has 3 rings (SSSR count). The third-order valence-corrected chi connectivity index (χ3v) is 3.63. The smallest absolute Gasteiger partial charge is 0.262 e. The maximum Gasteiger partial charge on any atom is 0.262 e. The van der Waals surface area contributed by atoms with Gasteiger partial charge in [-0.1, -0.05) is 18.2 Å². The number of benzene rings is 1. The summed E-state index contributed by atoms with van der Waals surface area (Å²) in [6.45, 7) is 1.91. The van der Waals surface area contributed by atoms with Crippen LogP contribution >= 0.6 is 12.2 Å². The Kier molecular flexibility index (Phi) is 3.60. The zero-order valence-electron chi connectivity index (χ0n) is 11.8. The number of hydrogen-bond acceptors (Lipinski definition) is 4. The molecule has 0 spiro atoms. The van der Waals surface area contributed by atoms with Crippen LogP contribution in [0.2, 0.25) is 0 Å². The van der Waals surface area contributed by atoms with Crippen molar-refractivity contribution in [2.45, 2.75) is 6.92 Å². The molecule has 5 nitrogen and oxygen atoms in total. The monoisotopic (exact) mass is 311 g/mol. The van der Waals surface area contributed by atoms with Gasteiger partial charge in [0.25, 0.3) is 5.56 Å². The minimum absolute atomic E-state index is 0.121. The highest BCUT2D eigenvalue weighted by Gasteiger charge is 2.14. The van der Waals surface area contributed by atoms with Crippen LogP contribution < -0.4 is 5.56 Å². The van der Waals surface area contributed by atoms with Crippen LogP contribution in [0.15, 0.2) is 51.9 Å². The summed E-state index contributed by atoms with van der Waals surface area (Å²) in [5, 5.41) is 10.5. The number of hydrogen-bond donors (Lipinski definition) is 2. The molecule has 1 aromatic carbocycles. The lowest BCUT2D eigenvalue weighted by Gasteiger charge is -2.13. The highest BCUT2D eigenvalue weighted by atomic mass is 32.1. The molecule has 0 bridgehead atoms. The fourth-order valence-corrected chi connectivity index (χ4v) is 2.53. The van der Waals surface area contributed by atoms with E-state index in [2.05, 4.69) is 9.98 Å². The third kappa shape index (κ3) is 2.44. The number of aromatic amines is 1. The highest BCUT2D eigenvalue weighted by molar-refractivity contribution is 7.71. The van der Waals surface area contributed by atoms with Crippen molar-refractivity contribution in [3.05, 3.63) is 68.4 Å². The summed E-state index contributed by atoms with van der Waals surface area (Å²) >= 11 is 5.19. The quantitative estimate of drug-likeness (QED) is 0.838. The molecule has 2 heterocycles. The predicted octanol–water partition coefficient (Wildman–Crippen LogP) is 2.89. The number of para-hydroxylation sites is 1. The second kappa shape index (κ2) is 5.57. The first kappa shape index (κ1) is 14.2. The van der Waals surface area contributed by atoms with Crippen molar-refractivity contribution in [1.82, 2.24) is 9.55 Å². The molecule has 0 unspecified atom stereocenters. The van der Waals surface area contributed by atoms with E-state index in [9.17, 15) is 9.90 Å². The number of rotatable bonds is 2. The molecule has 110 valence electrons. The molecule has 0 fully saturated rings. The lowest BCUT2D eigenvalue weighted by Crippen LogP contribution is -2.16. The van der Waals surface area contributed by atoms with Gasteiger partial charge in [0.1, 0.15) is 5.56 Å². The van der Waals surface area contributed by atoms with Crippen molar-refractivity contribution in [1.29, 1.82) is 0 Å². The Morgan fingerprint density at radius 3 is 2.82 bits per heavy atom. The van der Waals surface area contributed by atoms with Crippen molar-refractivity contribution in [3.8, 4) is 11.6 Å². The van der Waals surface area contributed by atoms with Crippen molar-refractivity contribution in [2.24, 2.45) is 4.99 Å². The molecule has 0 atom stereocenters. The standard InChI is InChI=1S/C16H13N3O2S/c1-10-5-2-3-7-13(10)19-15(21)12(14(20)18-16(19)22)9-11-6-4-8-17-11/h2-9,21H,1H3,(H,18,20,22)/b11-9-. The Labute approximate surface area is 131 Å². The third-order valence-electron chi connectivity index (χ3n) is 3.35. The predicted molar refractivity (Wildman–Crippen MR) is 89.2 cm³/mol. The van der Waals surface area contributed by atoms with Gasteiger partial charge in [0.2, 0.25) is 5.88 Å². The van der Waals surface area contributed by atoms with Gasteiger partial charge in [-0.2, -0.15) is 0 Å². The van der Waals surface area contributed by atoms with Crippen LogP contribution in [-0.4, -0.2) is 20.9 Å². The number of H-pyrrole nitrogens is 1. The Morgan fingerprint density at radius 1 is 1.36 bits per heavy atom. The first-order valence-electron chi connectivity index (χ1n) is 6.64. The van der Waals surface area contributed by atoms with Crippen LogP contribution in [0.4, 0.5) is 0 Å². The number of nitrogens with zero attached hydrogens (tertiary/aromatic N) is 2. The van der Waals surface area contributed by atoms with Crippen LogP contribution in [0, 0.1) is 11.7 Å². The van der Waals surface area contributed by atoms with Gasteiger partial charge in [0.05, 0.1) is 11.4 Å². The second-order valence-electron chi connectivity index (χ2n) is 4.82. The number of aromatic nitrogens is 2. The Hall–Kier alpha value is -2.73. The van der Waals surface area contributed by atoms with Crippen molar-refractivity contribution < 1.29 is 5.11 Å². The first-order chi connectivity index (χ1) is 10.6. The number of allylic oxidation sites excluding steroid dienone is 2. The molecule has 0 saturated carbocycles. The number of aromatic hydroxyl groups is 1. The van der Waals surface area contributed by atoms with Gasteiger partial charge >= 0.3 is 0 Å². The molecule has 1 aliphatic heterocycles. The first-order valence-corrected chi connectivity index (χ1v) is 7.05. The van der Waals surface area contributed by atoms with Gasteiger partial charge in [0, 0.05) is 6.21 Å². The van der Waals surface area contributed by atoms with Gasteiger partial charge in [-0.15, -0.1) is 0 Å². The van der Waals surface area contributed by atoms with Gasteiger partial charge in [-0.25, -0.2) is 0 Å². The zero-order chi connectivity index (χ0) is 15.7. The van der Waals surface area contributed by atoms with E-state index < -0.39 is 5.56 Å². The molecule has 2 N–H and O–H groups in total. The molecular formula is C16H13N3O2S. The van der Waals surface area contributed by atoms with E-state index in [1.54, 1.807) is 18.4 Å². The largest absolute Gasteiger partial charge is 0.494 e. The van der Waals surface area contributed by atoms with Crippen LogP contribution in [0.25, 0.3) is 11.8 Å². The fraction of sp³-hybridized carbons (Fsp3) is 0.0625. The molecule has 1 aromatic heterocycles. The van der Waals surface area contributed by atoms with Crippen LogP contribution in [0.1, 0.15) is 11.1 Å². The molecular weight excluding hydrogens is 298 g/mol. The summed E-state index contributed by atoms with van der Waals surface area (Å²) in [6, 6.07) is 7.47. The van der Waals surface area contributed by atoms with Crippen LogP contribution in [-0.2, 0) is 0 Å². The summed E-state index contributed by atoms with van der Waals surface area (Å²) in [5.41, 5.74) is 1.91.